The summed E-state index contributed by atoms with van der Waals surface area (Å²) in [4.78, 5) is 4.86. The van der Waals surface area contributed by atoms with Crippen molar-refractivity contribution in [1.29, 1.82) is 0 Å². The number of aromatic nitrogens is 2. The molecule has 1 aliphatic rings. The minimum absolute atomic E-state index is 0. The SMILES string of the molecule is Cc1ccc2nc(-[c-]3cccc3)c(NC3CCCCC3)n2c1.[Fe+2].c1cc[cH-]c1. The average molecular weight is 413 g/mol. The summed E-state index contributed by atoms with van der Waals surface area (Å²) in [5, 5.41) is 3.79. The van der Waals surface area contributed by atoms with Gasteiger partial charge in [-0.05, 0) is 31.4 Å². The van der Waals surface area contributed by atoms with Gasteiger partial charge in [-0.1, -0.05) is 30.9 Å². The summed E-state index contributed by atoms with van der Waals surface area (Å²) < 4.78 is 2.21. The van der Waals surface area contributed by atoms with Gasteiger partial charge in [0.05, 0.1) is 5.82 Å². The molecule has 4 aromatic rings. The molecule has 1 aliphatic carbocycles. The number of pyridine rings is 1. The van der Waals surface area contributed by atoms with Crippen LogP contribution in [-0.2, 0) is 17.1 Å². The minimum Gasteiger partial charge on any atom is -0.405 e. The van der Waals surface area contributed by atoms with Crippen molar-refractivity contribution >= 4 is 11.5 Å². The molecule has 0 radical (unpaired) electrons. The van der Waals surface area contributed by atoms with Gasteiger partial charge in [0, 0.05) is 17.9 Å². The Balaban J connectivity index is 0.000000329. The van der Waals surface area contributed by atoms with Crippen molar-refractivity contribution in [2.45, 2.75) is 45.1 Å². The Kier molecular flexibility index (Phi) is 7.13. The zero-order chi connectivity index (χ0) is 18.5. The molecule has 1 N–H and O–H groups in total. The third kappa shape index (κ3) is 4.76. The monoisotopic (exact) mass is 413 g/mol. The maximum atomic E-state index is 4.86. The van der Waals surface area contributed by atoms with Crippen molar-refractivity contribution < 1.29 is 17.1 Å². The van der Waals surface area contributed by atoms with E-state index in [1.54, 1.807) is 0 Å². The minimum atomic E-state index is 0. The Bertz CT molecular complexity index is 928. The maximum absolute atomic E-state index is 4.86. The summed E-state index contributed by atoms with van der Waals surface area (Å²) in [5.74, 6) is 1.15. The number of fused-ring (bicyclic) bond motifs is 1. The molecule has 1 fully saturated rings. The quantitative estimate of drug-likeness (QED) is 0.321. The number of hydrogen-bond acceptors (Lipinski definition) is 2. The van der Waals surface area contributed by atoms with Gasteiger partial charge in [0.25, 0.3) is 0 Å². The fourth-order valence-electron chi connectivity index (χ4n) is 3.78. The summed E-state index contributed by atoms with van der Waals surface area (Å²) in [7, 11) is 0. The molecule has 0 aliphatic heterocycles. The van der Waals surface area contributed by atoms with Crippen LogP contribution in [-0.4, -0.2) is 15.4 Å². The number of imidazole rings is 1. The molecule has 28 heavy (non-hydrogen) atoms. The van der Waals surface area contributed by atoms with E-state index in [4.69, 9.17) is 4.98 Å². The largest absolute Gasteiger partial charge is 2.00 e. The second-order valence-electron chi connectivity index (χ2n) is 7.36. The molecule has 2 heterocycles. The molecule has 4 heteroatoms. The van der Waals surface area contributed by atoms with E-state index in [0.29, 0.717) is 6.04 Å². The predicted molar refractivity (Wildman–Crippen MR) is 113 cm³/mol. The Morgan fingerprint density at radius 2 is 1.75 bits per heavy atom. The smallest absolute Gasteiger partial charge is 0.405 e. The van der Waals surface area contributed by atoms with Gasteiger partial charge in [-0.25, -0.2) is 17.1 Å². The topological polar surface area (TPSA) is 29.3 Å². The number of rotatable bonds is 3. The zero-order valence-corrected chi connectivity index (χ0v) is 17.4. The van der Waals surface area contributed by atoms with Gasteiger partial charge in [-0.2, -0.15) is 30.3 Å². The average Bonchev–Trinajstić information content (AvgIpc) is 3.46. The predicted octanol–water partition coefficient (Wildman–Crippen LogP) is 6.18. The third-order valence-electron chi connectivity index (χ3n) is 5.20. The van der Waals surface area contributed by atoms with Gasteiger partial charge in [0.1, 0.15) is 5.65 Å². The van der Waals surface area contributed by atoms with E-state index in [1.165, 1.54) is 43.2 Å². The first-order valence-electron chi connectivity index (χ1n) is 9.95. The van der Waals surface area contributed by atoms with E-state index < -0.39 is 0 Å². The van der Waals surface area contributed by atoms with Crippen LogP contribution in [0.15, 0.2) is 72.9 Å². The van der Waals surface area contributed by atoms with E-state index in [-0.39, 0.29) is 17.1 Å². The molecule has 2 aromatic carbocycles. The van der Waals surface area contributed by atoms with Crippen molar-refractivity contribution in [3.05, 3.63) is 78.5 Å². The molecule has 1 saturated carbocycles. The van der Waals surface area contributed by atoms with Crippen molar-refractivity contribution in [2.75, 3.05) is 5.32 Å². The van der Waals surface area contributed by atoms with Crippen molar-refractivity contribution in [1.82, 2.24) is 9.38 Å². The molecule has 5 rings (SSSR count). The van der Waals surface area contributed by atoms with E-state index in [0.717, 1.165) is 17.2 Å². The number of anilines is 1. The molecule has 0 saturated heterocycles. The summed E-state index contributed by atoms with van der Waals surface area (Å²) >= 11 is 0. The first-order chi connectivity index (χ1) is 13.3. The van der Waals surface area contributed by atoms with Crippen LogP contribution in [0.2, 0.25) is 0 Å². The molecule has 0 atom stereocenters. The van der Waals surface area contributed by atoms with Gasteiger partial charge >= 0.3 is 17.1 Å². The van der Waals surface area contributed by atoms with E-state index in [1.807, 2.05) is 30.3 Å². The summed E-state index contributed by atoms with van der Waals surface area (Å²) in [6.07, 6.45) is 8.75. The van der Waals surface area contributed by atoms with Gasteiger partial charge in [-0.3, -0.25) is 0 Å². The molecule has 0 bridgehead atoms. The van der Waals surface area contributed by atoms with Crippen LogP contribution in [0.3, 0.4) is 0 Å². The van der Waals surface area contributed by atoms with Crippen LogP contribution in [0.4, 0.5) is 5.82 Å². The van der Waals surface area contributed by atoms with Crippen LogP contribution in [0.1, 0.15) is 37.7 Å². The molecule has 0 amide bonds. The van der Waals surface area contributed by atoms with Crippen molar-refractivity contribution in [3.8, 4) is 11.3 Å². The summed E-state index contributed by atoms with van der Waals surface area (Å²) in [5.41, 5.74) is 4.53. The first kappa shape index (κ1) is 20.4. The van der Waals surface area contributed by atoms with Crippen LogP contribution >= 0.6 is 0 Å². The van der Waals surface area contributed by atoms with Crippen molar-refractivity contribution in [3.63, 3.8) is 0 Å². The normalized spacial score (nSPS) is 14.2. The van der Waals surface area contributed by atoms with Crippen LogP contribution in [0, 0.1) is 6.92 Å². The zero-order valence-electron chi connectivity index (χ0n) is 16.3. The van der Waals surface area contributed by atoms with E-state index >= 15 is 0 Å². The second-order valence-corrected chi connectivity index (χ2v) is 7.36. The standard InChI is InChI=1S/C19H22N3.C5H5.Fe/c1-14-11-12-17-21-18(15-7-5-6-8-15)19(22(17)13-14)20-16-9-3-2-4-10-16;1-2-4-5-3-1;/h5-8,11-13,16,20H,2-4,9-10H2,1H3;1-5H;/q2*-1;+2. The van der Waals surface area contributed by atoms with Gasteiger partial charge in [-0.15, -0.1) is 12.1 Å². The Morgan fingerprint density at radius 3 is 2.39 bits per heavy atom. The van der Waals surface area contributed by atoms with Crippen molar-refractivity contribution in [2.24, 2.45) is 0 Å². The second kappa shape index (κ2) is 9.77. The van der Waals surface area contributed by atoms with Gasteiger partial charge in [0.15, 0.2) is 0 Å². The molecule has 3 nitrogen and oxygen atoms in total. The number of hydrogen-bond donors (Lipinski definition) is 1. The van der Waals surface area contributed by atoms with Gasteiger partial charge in [0.2, 0.25) is 0 Å². The fourth-order valence-corrected chi connectivity index (χ4v) is 3.78. The van der Waals surface area contributed by atoms with E-state index in [2.05, 4.69) is 59.2 Å². The van der Waals surface area contributed by atoms with Crippen LogP contribution in [0.25, 0.3) is 16.9 Å². The molecule has 2 aromatic heterocycles. The molecule has 0 spiro atoms. The fraction of sp³-hybridized carbons (Fsp3) is 0.292. The Morgan fingerprint density at radius 1 is 1.04 bits per heavy atom. The number of aryl methyl sites for hydroxylation is 1. The molecule has 0 unspecified atom stereocenters. The summed E-state index contributed by atoms with van der Waals surface area (Å²) in [6.45, 7) is 2.13. The van der Waals surface area contributed by atoms with Gasteiger partial charge < -0.3 is 9.72 Å². The van der Waals surface area contributed by atoms with Crippen LogP contribution < -0.4 is 5.32 Å². The van der Waals surface area contributed by atoms with Crippen LogP contribution in [0.5, 0.6) is 0 Å². The Hall–Kier alpha value is -2.29. The molecular weight excluding hydrogens is 386 g/mol. The number of nitrogens with zero attached hydrogens (tertiary/aromatic N) is 2. The van der Waals surface area contributed by atoms with E-state index in [9.17, 15) is 0 Å². The maximum Gasteiger partial charge on any atom is 2.00 e. The first-order valence-corrected chi connectivity index (χ1v) is 9.95. The Labute approximate surface area is 178 Å². The summed E-state index contributed by atoms with van der Waals surface area (Å²) in [6, 6.07) is 23.2. The molecule has 146 valence electrons. The number of nitrogens with one attached hydrogen (secondary N) is 1. The molecular formula is C24H27FeN3. The third-order valence-corrected chi connectivity index (χ3v) is 5.20.